The van der Waals surface area contributed by atoms with Crippen LogP contribution in [0.3, 0.4) is 0 Å². The van der Waals surface area contributed by atoms with Gasteiger partial charge in [0.15, 0.2) is 0 Å². The van der Waals surface area contributed by atoms with Gasteiger partial charge >= 0.3 is 0 Å². The van der Waals surface area contributed by atoms with E-state index in [0.29, 0.717) is 0 Å². The van der Waals surface area contributed by atoms with Crippen molar-refractivity contribution in [2.75, 3.05) is 19.6 Å². The van der Waals surface area contributed by atoms with E-state index in [1.807, 2.05) is 6.20 Å². The maximum atomic E-state index is 4.51. The molecule has 0 radical (unpaired) electrons. The number of hydrogen-bond donors (Lipinski definition) is 1. The minimum absolute atomic E-state index is 0.730. The third kappa shape index (κ3) is 4.26. The van der Waals surface area contributed by atoms with Gasteiger partial charge in [0, 0.05) is 40.8 Å². The van der Waals surface area contributed by atoms with E-state index in [-0.39, 0.29) is 0 Å². The number of pyridine rings is 1. The largest absolute Gasteiger partial charge is 0.314 e. The molecule has 2 fully saturated rings. The van der Waals surface area contributed by atoms with E-state index in [9.17, 15) is 0 Å². The molecule has 1 aliphatic heterocycles. The first-order valence-corrected chi connectivity index (χ1v) is 9.05. The Hall–Kier alpha value is 0.0300. The van der Waals surface area contributed by atoms with Gasteiger partial charge in [-0.2, -0.15) is 0 Å². The summed E-state index contributed by atoms with van der Waals surface area (Å²) in [5.74, 6) is 0.982. The maximum Gasteiger partial charge on any atom is 0.0686 e. The molecule has 0 amide bonds. The van der Waals surface area contributed by atoms with Crippen LogP contribution in [0, 0.1) is 5.92 Å². The van der Waals surface area contributed by atoms with Gasteiger partial charge in [-0.05, 0) is 76.1 Å². The van der Waals surface area contributed by atoms with Gasteiger partial charge in [0.2, 0.25) is 0 Å². The molecule has 0 bridgehead atoms. The Morgan fingerprint density at radius 2 is 1.95 bits per heavy atom. The predicted octanol–water partition coefficient (Wildman–Crippen LogP) is 3.57. The lowest BCUT2D eigenvalue weighted by Crippen LogP contribution is -2.42. The Labute approximate surface area is 137 Å². The van der Waals surface area contributed by atoms with Crippen LogP contribution in [-0.4, -0.2) is 35.6 Å². The van der Waals surface area contributed by atoms with Gasteiger partial charge in [0.05, 0.1) is 5.69 Å². The Balaban J connectivity index is 1.45. The molecule has 2 heterocycles. The summed E-state index contributed by atoms with van der Waals surface area (Å²) in [5.41, 5.74) is 1.14. The first kappa shape index (κ1) is 14.9. The van der Waals surface area contributed by atoms with Crippen LogP contribution in [-0.2, 0) is 6.54 Å². The highest BCUT2D eigenvalue weighted by atomic mass is 79.9. The summed E-state index contributed by atoms with van der Waals surface area (Å²) >= 11 is 7.05. The smallest absolute Gasteiger partial charge is 0.0686 e. The minimum Gasteiger partial charge on any atom is -0.314 e. The number of nitrogens with one attached hydrogen (secondary N) is 1. The molecule has 0 atom stereocenters. The predicted molar refractivity (Wildman–Crippen MR) is 88.7 cm³/mol. The molecule has 1 saturated heterocycles. The Kier molecular flexibility index (Phi) is 5.13. The van der Waals surface area contributed by atoms with Crippen molar-refractivity contribution in [1.29, 1.82) is 0 Å². The fourth-order valence-corrected chi connectivity index (χ4v) is 3.83. The van der Waals surface area contributed by atoms with E-state index in [0.717, 1.165) is 33.1 Å². The Morgan fingerprint density at radius 1 is 1.20 bits per heavy atom. The van der Waals surface area contributed by atoms with Crippen molar-refractivity contribution in [3.8, 4) is 0 Å². The van der Waals surface area contributed by atoms with Crippen LogP contribution in [0.5, 0.6) is 0 Å². The molecular weight excluding hydrogens is 382 g/mol. The highest BCUT2D eigenvalue weighted by Gasteiger charge is 2.24. The van der Waals surface area contributed by atoms with E-state index in [4.69, 9.17) is 0 Å². The molecule has 20 heavy (non-hydrogen) atoms. The number of aromatic nitrogens is 1. The minimum atomic E-state index is 0.730. The second kappa shape index (κ2) is 6.86. The highest BCUT2D eigenvalue weighted by Crippen LogP contribution is 2.28. The number of likely N-dealkylation sites (tertiary alicyclic amines) is 1. The maximum absolute atomic E-state index is 4.51. The van der Waals surface area contributed by atoms with Crippen molar-refractivity contribution in [2.24, 2.45) is 5.92 Å². The zero-order valence-corrected chi connectivity index (χ0v) is 14.8. The second-order valence-corrected chi connectivity index (χ2v) is 7.75. The average molecular weight is 403 g/mol. The first-order chi connectivity index (χ1) is 9.70. The zero-order chi connectivity index (χ0) is 13.9. The van der Waals surface area contributed by atoms with Crippen molar-refractivity contribution in [3.63, 3.8) is 0 Å². The van der Waals surface area contributed by atoms with Crippen LogP contribution >= 0.6 is 31.9 Å². The molecule has 0 unspecified atom stereocenters. The summed E-state index contributed by atoms with van der Waals surface area (Å²) in [6.07, 6.45) is 7.29. The van der Waals surface area contributed by atoms with Crippen LogP contribution in [0.1, 0.15) is 31.4 Å². The van der Waals surface area contributed by atoms with E-state index >= 15 is 0 Å². The lowest BCUT2D eigenvalue weighted by Gasteiger charge is -2.32. The van der Waals surface area contributed by atoms with Gasteiger partial charge in [-0.3, -0.25) is 9.88 Å². The number of halogens is 2. The van der Waals surface area contributed by atoms with Crippen molar-refractivity contribution < 1.29 is 0 Å². The van der Waals surface area contributed by atoms with Gasteiger partial charge in [-0.1, -0.05) is 0 Å². The van der Waals surface area contributed by atoms with Crippen LogP contribution < -0.4 is 5.32 Å². The standard InChI is InChI=1S/C15H21Br2N3/c16-12-7-14(17)15(19-9-12)10-20-5-3-13(4-6-20)18-8-11-1-2-11/h7,9,11,13,18H,1-6,8,10H2. The molecular formula is C15H21Br2N3. The Bertz CT molecular complexity index is 454. The third-order valence-electron chi connectivity index (χ3n) is 4.24. The van der Waals surface area contributed by atoms with Gasteiger partial charge < -0.3 is 5.32 Å². The molecule has 5 heteroatoms. The van der Waals surface area contributed by atoms with E-state index in [1.165, 1.54) is 45.3 Å². The lowest BCUT2D eigenvalue weighted by atomic mass is 10.0. The normalized spacial score (nSPS) is 21.3. The summed E-state index contributed by atoms with van der Waals surface area (Å²) in [7, 11) is 0. The Morgan fingerprint density at radius 3 is 2.60 bits per heavy atom. The number of piperidine rings is 1. The fraction of sp³-hybridized carbons (Fsp3) is 0.667. The van der Waals surface area contributed by atoms with Crippen molar-refractivity contribution >= 4 is 31.9 Å². The molecule has 1 saturated carbocycles. The van der Waals surface area contributed by atoms with Crippen LogP contribution in [0.2, 0.25) is 0 Å². The van der Waals surface area contributed by atoms with Gasteiger partial charge in [-0.25, -0.2) is 0 Å². The molecule has 1 aliphatic carbocycles. The molecule has 3 rings (SSSR count). The summed E-state index contributed by atoms with van der Waals surface area (Å²) in [5, 5.41) is 3.73. The third-order valence-corrected chi connectivity index (χ3v) is 5.36. The van der Waals surface area contributed by atoms with Crippen molar-refractivity contribution in [2.45, 2.75) is 38.3 Å². The van der Waals surface area contributed by atoms with Gasteiger partial charge in [-0.15, -0.1) is 0 Å². The first-order valence-electron chi connectivity index (χ1n) is 7.46. The van der Waals surface area contributed by atoms with Crippen LogP contribution in [0.15, 0.2) is 21.2 Å². The fourth-order valence-electron chi connectivity index (χ4n) is 2.72. The molecule has 2 aliphatic rings. The van der Waals surface area contributed by atoms with Crippen molar-refractivity contribution in [1.82, 2.24) is 15.2 Å². The van der Waals surface area contributed by atoms with Gasteiger partial charge in [0.1, 0.15) is 0 Å². The SMILES string of the molecule is Brc1cnc(CN2CCC(NCC3CC3)CC2)c(Br)c1. The topological polar surface area (TPSA) is 28.2 Å². The van der Waals surface area contributed by atoms with Crippen LogP contribution in [0.4, 0.5) is 0 Å². The molecule has 3 nitrogen and oxygen atoms in total. The van der Waals surface area contributed by atoms with E-state index in [1.54, 1.807) is 0 Å². The van der Waals surface area contributed by atoms with E-state index < -0.39 is 0 Å². The summed E-state index contributed by atoms with van der Waals surface area (Å²) in [6.45, 7) is 4.53. The molecule has 110 valence electrons. The molecule has 0 spiro atoms. The molecule has 1 N–H and O–H groups in total. The van der Waals surface area contributed by atoms with Crippen LogP contribution in [0.25, 0.3) is 0 Å². The van der Waals surface area contributed by atoms with Gasteiger partial charge in [0.25, 0.3) is 0 Å². The highest BCUT2D eigenvalue weighted by molar-refractivity contribution is 9.11. The number of rotatable bonds is 5. The monoisotopic (exact) mass is 401 g/mol. The molecule has 1 aromatic heterocycles. The molecule has 1 aromatic rings. The summed E-state index contributed by atoms with van der Waals surface area (Å²) in [6, 6.07) is 2.81. The summed E-state index contributed by atoms with van der Waals surface area (Å²) in [4.78, 5) is 7.02. The van der Waals surface area contributed by atoms with Crippen molar-refractivity contribution in [3.05, 3.63) is 26.9 Å². The quantitative estimate of drug-likeness (QED) is 0.815. The number of hydrogen-bond acceptors (Lipinski definition) is 3. The number of nitrogens with zero attached hydrogens (tertiary/aromatic N) is 2. The lowest BCUT2D eigenvalue weighted by molar-refractivity contribution is 0.188. The zero-order valence-electron chi connectivity index (χ0n) is 11.6. The van der Waals surface area contributed by atoms with E-state index in [2.05, 4.69) is 53.1 Å². The molecule has 0 aromatic carbocycles. The average Bonchev–Trinajstić information content (AvgIpc) is 3.25. The second-order valence-electron chi connectivity index (χ2n) is 5.98. The summed E-state index contributed by atoms with van der Waals surface area (Å²) < 4.78 is 2.12.